The third kappa shape index (κ3) is 2.86. The summed E-state index contributed by atoms with van der Waals surface area (Å²) in [5.41, 5.74) is 1.08. The molecule has 1 atom stereocenters. The second-order valence-electron chi connectivity index (χ2n) is 4.23. The number of carbonyl (C=O) groups is 1. The van der Waals surface area contributed by atoms with Crippen LogP contribution >= 0.6 is 15.9 Å². The quantitative estimate of drug-likeness (QED) is 0.841. The molecule has 1 fully saturated rings. The van der Waals surface area contributed by atoms with Gasteiger partial charge in [0.25, 0.3) is 0 Å². The van der Waals surface area contributed by atoms with Crippen molar-refractivity contribution in [3.63, 3.8) is 0 Å². The number of amides is 1. The smallest absolute Gasteiger partial charge is 0.222 e. The Balaban J connectivity index is 2.10. The highest BCUT2D eigenvalue weighted by Gasteiger charge is 2.25. The van der Waals surface area contributed by atoms with E-state index in [-0.39, 0.29) is 11.8 Å². The van der Waals surface area contributed by atoms with Gasteiger partial charge in [-0.3, -0.25) is 4.79 Å². The second kappa shape index (κ2) is 5.33. The fraction of sp³-hybridized carbons (Fsp3) is 0.385. The van der Waals surface area contributed by atoms with Gasteiger partial charge in [-0.2, -0.15) is 5.26 Å². The van der Waals surface area contributed by atoms with Crippen molar-refractivity contribution in [3.8, 4) is 6.07 Å². The van der Waals surface area contributed by atoms with Crippen molar-refractivity contribution in [2.75, 3.05) is 6.54 Å². The first-order chi connectivity index (χ1) is 8.20. The van der Waals surface area contributed by atoms with E-state index in [1.807, 2.05) is 24.3 Å². The monoisotopic (exact) mass is 292 g/mol. The molecular formula is C13H13BrN2O. The summed E-state index contributed by atoms with van der Waals surface area (Å²) in [5.74, 6) is 0.127. The number of hydrogen-bond donors (Lipinski definition) is 0. The molecular weight excluding hydrogens is 280 g/mol. The number of hydrogen-bond acceptors (Lipinski definition) is 2. The normalized spacial score (nSPS) is 20.1. The van der Waals surface area contributed by atoms with Crippen LogP contribution in [0.5, 0.6) is 0 Å². The maximum absolute atomic E-state index is 11.8. The largest absolute Gasteiger partial charge is 0.337 e. The van der Waals surface area contributed by atoms with E-state index < -0.39 is 0 Å². The van der Waals surface area contributed by atoms with Crippen LogP contribution in [0.2, 0.25) is 0 Å². The van der Waals surface area contributed by atoms with E-state index in [1.165, 1.54) is 0 Å². The first-order valence-corrected chi connectivity index (χ1v) is 6.41. The summed E-state index contributed by atoms with van der Waals surface area (Å²) in [6.07, 6.45) is 1.18. The predicted octanol–water partition coefficient (Wildman–Crippen LogP) is 2.71. The number of benzene rings is 1. The molecule has 1 aromatic carbocycles. The topological polar surface area (TPSA) is 44.1 Å². The third-order valence-corrected chi connectivity index (χ3v) is 3.78. The second-order valence-corrected chi connectivity index (χ2v) is 5.08. The van der Waals surface area contributed by atoms with E-state index in [0.29, 0.717) is 25.9 Å². The number of nitriles is 1. The molecule has 0 N–H and O–H groups in total. The van der Waals surface area contributed by atoms with Gasteiger partial charge in [-0.05, 0) is 18.1 Å². The Morgan fingerprint density at radius 2 is 2.24 bits per heavy atom. The summed E-state index contributed by atoms with van der Waals surface area (Å²) in [5, 5.41) is 8.92. The average Bonchev–Trinajstić information content (AvgIpc) is 2.35. The molecule has 1 amide bonds. The molecule has 2 rings (SSSR count). The minimum Gasteiger partial charge on any atom is -0.337 e. The molecule has 0 spiro atoms. The van der Waals surface area contributed by atoms with Gasteiger partial charge in [0.05, 0.1) is 12.0 Å². The van der Waals surface area contributed by atoms with Crippen molar-refractivity contribution in [2.45, 2.75) is 19.4 Å². The molecule has 1 unspecified atom stereocenters. The van der Waals surface area contributed by atoms with Crippen LogP contribution in [0.15, 0.2) is 28.7 Å². The number of piperidine rings is 1. The summed E-state index contributed by atoms with van der Waals surface area (Å²) in [7, 11) is 0. The molecule has 1 aliphatic rings. The van der Waals surface area contributed by atoms with Gasteiger partial charge in [0.2, 0.25) is 5.91 Å². The lowest BCUT2D eigenvalue weighted by atomic mass is 9.98. The molecule has 88 valence electrons. The first kappa shape index (κ1) is 12.1. The first-order valence-electron chi connectivity index (χ1n) is 5.61. The van der Waals surface area contributed by atoms with Crippen molar-refractivity contribution in [3.05, 3.63) is 34.3 Å². The van der Waals surface area contributed by atoms with Gasteiger partial charge in [0.15, 0.2) is 0 Å². The highest BCUT2D eigenvalue weighted by molar-refractivity contribution is 9.10. The molecule has 17 heavy (non-hydrogen) atoms. The molecule has 0 radical (unpaired) electrons. The highest BCUT2D eigenvalue weighted by atomic mass is 79.9. The summed E-state index contributed by atoms with van der Waals surface area (Å²) in [6.45, 7) is 1.13. The summed E-state index contributed by atoms with van der Waals surface area (Å²) in [6, 6.07) is 10.1. The Kier molecular flexibility index (Phi) is 3.80. The van der Waals surface area contributed by atoms with Crippen LogP contribution in [0.4, 0.5) is 0 Å². The van der Waals surface area contributed by atoms with Crippen molar-refractivity contribution in [2.24, 2.45) is 5.92 Å². The SMILES string of the molecule is N#CC1CCC(=O)N(Cc2ccccc2Br)C1. The van der Waals surface area contributed by atoms with Gasteiger partial charge < -0.3 is 4.90 Å². The lowest BCUT2D eigenvalue weighted by Gasteiger charge is -2.29. The molecule has 0 bridgehead atoms. The number of likely N-dealkylation sites (tertiary alicyclic amines) is 1. The van der Waals surface area contributed by atoms with E-state index in [4.69, 9.17) is 5.26 Å². The molecule has 1 saturated heterocycles. The van der Waals surface area contributed by atoms with Crippen LogP contribution in [-0.2, 0) is 11.3 Å². The van der Waals surface area contributed by atoms with Gasteiger partial charge >= 0.3 is 0 Å². The van der Waals surface area contributed by atoms with Crippen LogP contribution in [0.1, 0.15) is 18.4 Å². The maximum atomic E-state index is 11.8. The molecule has 3 nitrogen and oxygen atoms in total. The Bertz CT molecular complexity index is 467. The van der Waals surface area contributed by atoms with Crippen LogP contribution in [0, 0.1) is 17.2 Å². The Morgan fingerprint density at radius 3 is 2.94 bits per heavy atom. The Morgan fingerprint density at radius 1 is 1.47 bits per heavy atom. The molecule has 0 saturated carbocycles. The predicted molar refractivity (Wildman–Crippen MR) is 67.9 cm³/mol. The highest BCUT2D eigenvalue weighted by Crippen LogP contribution is 2.22. The van der Waals surface area contributed by atoms with Crippen LogP contribution in [-0.4, -0.2) is 17.4 Å². The van der Waals surface area contributed by atoms with Crippen LogP contribution in [0.3, 0.4) is 0 Å². The van der Waals surface area contributed by atoms with E-state index in [1.54, 1.807) is 4.90 Å². The molecule has 0 aromatic heterocycles. The third-order valence-electron chi connectivity index (χ3n) is 3.00. The summed E-state index contributed by atoms with van der Waals surface area (Å²) in [4.78, 5) is 13.5. The summed E-state index contributed by atoms with van der Waals surface area (Å²) >= 11 is 3.47. The van der Waals surface area contributed by atoms with E-state index >= 15 is 0 Å². The van der Waals surface area contributed by atoms with Crippen LogP contribution in [0.25, 0.3) is 0 Å². The Hall–Kier alpha value is -1.34. The van der Waals surface area contributed by atoms with Crippen molar-refractivity contribution in [1.82, 2.24) is 4.90 Å². The molecule has 0 aliphatic carbocycles. The van der Waals surface area contributed by atoms with Gasteiger partial charge in [0.1, 0.15) is 0 Å². The average molecular weight is 293 g/mol. The fourth-order valence-corrected chi connectivity index (χ4v) is 2.42. The zero-order valence-electron chi connectivity index (χ0n) is 9.40. The number of carbonyl (C=O) groups excluding carboxylic acids is 1. The van der Waals surface area contributed by atoms with Gasteiger partial charge in [-0.15, -0.1) is 0 Å². The Labute approximate surface area is 109 Å². The van der Waals surface area contributed by atoms with Crippen molar-refractivity contribution in [1.29, 1.82) is 5.26 Å². The van der Waals surface area contributed by atoms with E-state index in [0.717, 1.165) is 10.0 Å². The lowest BCUT2D eigenvalue weighted by molar-refractivity contribution is -0.134. The summed E-state index contributed by atoms with van der Waals surface area (Å²) < 4.78 is 1.01. The number of halogens is 1. The van der Waals surface area contributed by atoms with Gasteiger partial charge in [0, 0.05) is 24.0 Å². The van der Waals surface area contributed by atoms with Gasteiger partial charge in [-0.25, -0.2) is 0 Å². The minimum atomic E-state index is -0.0183. The van der Waals surface area contributed by atoms with Gasteiger partial charge in [-0.1, -0.05) is 34.1 Å². The molecule has 4 heteroatoms. The van der Waals surface area contributed by atoms with E-state index in [2.05, 4.69) is 22.0 Å². The molecule has 1 aliphatic heterocycles. The fourth-order valence-electron chi connectivity index (χ4n) is 2.01. The number of rotatable bonds is 2. The van der Waals surface area contributed by atoms with Crippen molar-refractivity contribution < 1.29 is 4.79 Å². The zero-order chi connectivity index (χ0) is 12.3. The molecule has 1 aromatic rings. The lowest BCUT2D eigenvalue weighted by Crippen LogP contribution is -2.39. The van der Waals surface area contributed by atoms with Crippen LogP contribution < -0.4 is 0 Å². The standard InChI is InChI=1S/C13H13BrN2O/c14-12-4-2-1-3-11(12)9-16-8-10(7-15)5-6-13(16)17/h1-4,10H,5-6,8-9H2. The minimum absolute atomic E-state index is 0.0183. The maximum Gasteiger partial charge on any atom is 0.222 e. The number of nitrogens with zero attached hydrogens (tertiary/aromatic N) is 2. The van der Waals surface area contributed by atoms with Crippen molar-refractivity contribution >= 4 is 21.8 Å². The zero-order valence-corrected chi connectivity index (χ0v) is 11.0. The molecule has 1 heterocycles. The van der Waals surface area contributed by atoms with E-state index in [9.17, 15) is 4.79 Å².